The Balaban J connectivity index is 0.000000921. The maximum absolute atomic E-state index is 7.77. The van der Waals surface area contributed by atoms with E-state index in [0.717, 1.165) is 35.9 Å². The van der Waals surface area contributed by atoms with Gasteiger partial charge in [-0.15, -0.1) is 0 Å². The van der Waals surface area contributed by atoms with Gasteiger partial charge in [0, 0.05) is 11.9 Å². The molecule has 2 fully saturated rings. The molecule has 0 aromatic rings. The molecular formula is C26H48N2. The average Bonchev–Trinajstić information content (AvgIpc) is 2.95. The molecule has 0 aromatic carbocycles. The predicted molar refractivity (Wildman–Crippen MR) is 126 cm³/mol. The van der Waals surface area contributed by atoms with Gasteiger partial charge in [-0.3, -0.25) is 0 Å². The van der Waals surface area contributed by atoms with E-state index in [9.17, 15) is 0 Å². The number of fused-ring (bicyclic) bond motifs is 1. The molecule has 2 saturated carbocycles. The third-order valence-electron chi connectivity index (χ3n) is 8.43. The highest BCUT2D eigenvalue weighted by Crippen LogP contribution is 2.62. The Morgan fingerprint density at radius 1 is 1.14 bits per heavy atom. The molecular weight excluding hydrogens is 340 g/mol. The number of nitrogens with one attached hydrogen (secondary N) is 1. The van der Waals surface area contributed by atoms with Gasteiger partial charge in [-0.2, -0.15) is 0 Å². The summed E-state index contributed by atoms with van der Waals surface area (Å²) >= 11 is 0. The zero-order chi connectivity index (χ0) is 21.7. The van der Waals surface area contributed by atoms with Crippen LogP contribution in [0.1, 0.15) is 100 Å². The summed E-state index contributed by atoms with van der Waals surface area (Å²) in [5, 5.41) is 7.77. The first-order valence-electron chi connectivity index (χ1n) is 11.9. The smallest absolute Gasteiger partial charge is 0.0227 e. The molecule has 0 amide bonds. The molecule has 6 unspecified atom stereocenters. The minimum Gasteiger partial charge on any atom is -0.402 e. The van der Waals surface area contributed by atoms with Crippen LogP contribution < -0.4 is 5.73 Å². The predicted octanol–water partition coefficient (Wildman–Crippen LogP) is 7.75. The largest absolute Gasteiger partial charge is 0.402 e. The zero-order valence-corrected chi connectivity index (χ0v) is 20.1. The van der Waals surface area contributed by atoms with Crippen LogP contribution in [0.4, 0.5) is 0 Å². The highest BCUT2D eigenvalue weighted by molar-refractivity contribution is 5.77. The van der Waals surface area contributed by atoms with Gasteiger partial charge in [-0.05, 0) is 78.6 Å². The van der Waals surface area contributed by atoms with Gasteiger partial charge in [-0.1, -0.05) is 74.0 Å². The molecule has 0 heterocycles. The monoisotopic (exact) mass is 388 g/mol. The summed E-state index contributed by atoms with van der Waals surface area (Å²) in [6, 6.07) is 0. The maximum atomic E-state index is 7.77. The van der Waals surface area contributed by atoms with Crippen molar-refractivity contribution in [1.29, 1.82) is 5.41 Å². The molecule has 162 valence electrons. The molecule has 6 atom stereocenters. The summed E-state index contributed by atoms with van der Waals surface area (Å²) in [6.07, 6.45) is 10.0. The van der Waals surface area contributed by atoms with E-state index >= 15 is 0 Å². The van der Waals surface area contributed by atoms with Gasteiger partial charge in [0.05, 0.1) is 0 Å². The normalized spacial score (nSPS) is 39.9. The molecule has 0 spiro atoms. The fourth-order valence-electron chi connectivity index (χ4n) is 6.44. The van der Waals surface area contributed by atoms with E-state index in [1.54, 1.807) is 0 Å². The van der Waals surface area contributed by atoms with Crippen molar-refractivity contribution in [3.63, 3.8) is 0 Å². The molecule has 28 heavy (non-hydrogen) atoms. The van der Waals surface area contributed by atoms with Gasteiger partial charge >= 0.3 is 0 Å². The van der Waals surface area contributed by atoms with E-state index < -0.39 is 0 Å². The Morgan fingerprint density at radius 2 is 1.75 bits per heavy atom. The van der Waals surface area contributed by atoms with Gasteiger partial charge in [0.25, 0.3) is 0 Å². The van der Waals surface area contributed by atoms with Crippen LogP contribution in [0.15, 0.2) is 23.4 Å². The molecule has 3 rings (SSSR count). The quantitative estimate of drug-likeness (QED) is 0.377. The van der Waals surface area contributed by atoms with Crippen LogP contribution in [0.25, 0.3) is 0 Å². The molecule has 0 bridgehead atoms. The third kappa shape index (κ3) is 4.26. The van der Waals surface area contributed by atoms with Crippen molar-refractivity contribution in [2.45, 2.75) is 100 Å². The molecule has 0 aliphatic heterocycles. The van der Waals surface area contributed by atoms with Crippen LogP contribution in [-0.4, -0.2) is 6.21 Å². The standard InChI is InChI=1S/C22H36N2.2C2H6/c1-6-17-11-20(24)16(13-23)12-22(17,5)18-7-8-21(4)15(3)14(2)9-19(21)10-18;2*1-2/h13-14,17-19,23H,3,6-12,24H2,1-2,4-5H3;2*1-2H3. The Kier molecular flexibility index (Phi) is 9.03. The van der Waals surface area contributed by atoms with Crippen LogP contribution in [-0.2, 0) is 0 Å². The van der Waals surface area contributed by atoms with Crippen LogP contribution >= 0.6 is 0 Å². The van der Waals surface area contributed by atoms with Crippen molar-refractivity contribution in [2.24, 2.45) is 40.2 Å². The van der Waals surface area contributed by atoms with Crippen LogP contribution in [0.5, 0.6) is 0 Å². The molecule has 0 radical (unpaired) electrons. The van der Waals surface area contributed by atoms with Gasteiger partial charge in [-0.25, -0.2) is 0 Å². The second kappa shape index (κ2) is 10.1. The first-order valence-corrected chi connectivity index (χ1v) is 11.9. The number of hydrogen-bond acceptors (Lipinski definition) is 2. The highest BCUT2D eigenvalue weighted by atomic mass is 14.6. The lowest BCUT2D eigenvalue weighted by molar-refractivity contribution is 0.00764. The van der Waals surface area contributed by atoms with Crippen LogP contribution in [0, 0.1) is 39.9 Å². The Morgan fingerprint density at radius 3 is 2.29 bits per heavy atom. The van der Waals surface area contributed by atoms with Crippen molar-refractivity contribution in [3.05, 3.63) is 23.4 Å². The third-order valence-corrected chi connectivity index (χ3v) is 8.43. The Hall–Kier alpha value is -1.05. The van der Waals surface area contributed by atoms with E-state index in [1.807, 2.05) is 27.7 Å². The van der Waals surface area contributed by atoms with Crippen LogP contribution in [0.2, 0.25) is 0 Å². The van der Waals surface area contributed by atoms with E-state index in [4.69, 9.17) is 11.1 Å². The van der Waals surface area contributed by atoms with E-state index in [-0.39, 0.29) is 0 Å². The van der Waals surface area contributed by atoms with E-state index in [0.29, 0.717) is 22.7 Å². The Labute approximate surface area is 176 Å². The van der Waals surface area contributed by atoms with E-state index in [2.05, 4.69) is 34.3 Å². The summed E-state index contributed by atoms with van der Waals surface area (Å²) in [7, 11) is 0. The molecule has 3 aliphatic rings. The fraction of sp³-hybridized carbons (Fsp3) is 0.808. The summed E-state index contributed by atoms with van der Waals surface area (Å²) in [5.74, 6) is 2.92. The van der Waals surface area contributed by atoms with Gasteiger partial charge in [0.1, 0.15) is 0 Å². The molecule has 2 nitrogen and oxygen atoms in total. The topological polar surface area (TPSA) is 49.9 Å². The van der Waals surface area contributed by atoms with Gasteiger partial charge < -0.3 is 11.1 Å². The second-order valence-corrected chi connectivity index (χ2v) is 9.43. The minimum atomic E-state index is 0.305. The maximum Gasteiger partial charge on any atom is 0.0227 e. The summed E-state index contributed by atoms with van der Waals surface area (Å²) in [4.78, 5) is 0. The fourth-order valence-corrected chi connectivity index (χ4v) is 6.44. The van der Waals surface area contributed by atoms with Crippen LogP contribution in [0.3, 0.4) is 0 Å². The number of allylic oxidation sites excluding steroid dienone is 3. The van der Waals surface area contributed by atoms with Crippen molar-refractivity contribution < 1.29 is 0 Å². The van der Waals surface area contributed by atoms with Crippen molar-refractivity contribution in [1.82, 2.24) is 0 Å². The summed E-state index contributed by atoms with van der Waals surface area (Å²) in [6.45, 7) is 22.1. The van der Waals surface area contributed by atoms with Gasteiger partial charge in [0.2, 0.25) is 0 Å². The first kappa shape index (κ1) is 25.0. The van der Waals surface area contributed by atoms with Crippen molar-refractivity contribution in [2.75, 3.05) is 0 Å². The lowest BCUT2D eigenvalue weighted by Crippen LogP contribution is -2.44. The molecule has 0 aromatic heterocycles. The van der Waals surface area contributed by atoms with Gasteiger partial charge in [0.15, 0.2) is 0 Å². The molecule has 0 saturated heterocycles. The Bertz CT molecular complexity index is 575. The highest BCUT2D eigenvalue weighted by Gasteiger charge is 2.53. The van der Waals surface area contributed by atoms with Crippen molar-refractivity contribution in [3.8, 4) is 0 Å². The molecule has 3 N–H and O–H groups in total. The summed E-state index contributed by atoms with van der Waals surface area (Å²) < 4.78 is 0. The number of nitrogens with two attached hydrogens (primary N) is 1. The van der Waals surface area contributed by atoms with E-state index in [1.165, 1.54) is 43.9 Å². The molecule has 3 aliphatic carbocycles. The zero-order valence-electron chi connectivity index (χ0n) is 20.1. The summed E-state index contributed by atoms with van der Waals surface area (Å²) in [5.41, 5.74) is 10.5. The number of hydrogen-bond donors (Lipinski definition) is 2. The second-order valence-electron chi connectivity index (χ2n) is 9.43. The lowest BCUT2D eigenvalue weighted by atomic mass is 9.52. The molecule has 2 heteroatoms. The SMILES string of the molecule is C=C1C(C)CC2CC(C3(C)CC(C=N)=C(N)CC3CC)CCC12C.CC.CC. The lowest BCUT2D eigenvalue weighted by Gasteiger charge is -2.52. The number of rotatable bonds is 3. The minimum absolute atomic E-state index is 0.305. The average molecular weight is 389 g/mol. The first-order chi connectivity index (χ1) is 13.3. The van der Waals surface area contributed by atoms with Crippen molar-refractivity contribution >= 4 is 6.21 Å².